The second-order valence-electron chi connectivity index (χ2n) is 6.96. The summed E-state index contributed by atoms with van der Waals surface area (Å²) in [7, 11) is 0. The number of carbonyl (C=O) groups is 1. The van der Waals surface area contributed by atoms with Gasteiger partial charge in [-0.15, -0.1) is 11.3 Å². The number of aryl methyl sites for hydroxylation is 1. The van der Waals surface area contributed by atoms with Gasteiger partial charge >= 0.3 is 0 Å². The number of nitrogens with zero attached hydrogens (tertiary/aromatic N) is 6. The summed E-state index contributed by atoms with van der Waals surface area (Å²) in [5, 5.41) is 7.83. The zero-order chi connectivity index (χ0) is 17.7. The summed E-state index contributed by atoms with van der Waals surface area (Å²) < 4.78 is 1.97. The number of hydrogen-bond acceptors (Lipinski definition) is 6. The van der Waals surface area contributed by atoms with E-state index in [0.717, 1.165) is 60.7 Å². The number of anilines is 1. The lowest BCUT2D eigenvalue weighted by Gasteiger charge is -2.29. The van der Waals surface area contributed by atoms with E-state index in [-0.39, 0.29) is 5.91 Å². The van der Waals surface area contributed by atoms with Crippen LogP contribution in [-0.2, 0) is 13.1 Å². The zero-order valence-electron chi connectivity index (χ0n) is 14.7. The fourth-order valence-electron chi connectivity index (χ4n) is 3.87. The lowest BCUT2D eigenvalue weighted by Crippen LogP contribution is -2.34. The molecular weight excluding hydrogens is 348 g/mol. The SMILES string of the molecule is Cc1csc2ncnc(N3CCn4nc(C(=O)N5CCCC5)cc4C3)c12. The van der Waals surface area contributed by atoms with Crippen LogP contribution < -0.4 is 4.90 Å². The van der Waals surface area contributed by atoms with Gasteiger partial charge in [0, 0.05) is 19.6 Å². The van der Waals surface area contributed by atoms with Gasteiger partial charge in [0.15, 0.2) is 5.69 Å². The molecule has 0 saturated carbocycles. The van der Waals surface area contributed by atoms with Crippen molar-refractivity contribution in [1.82, 2.24) is 24.6 Å². The normalized spacial score (nSPS) is 17.1. The van der Waals surface area contributed by atoms with E-state index < -0.39 is 0 Å². The van der Waals surface area contributed by atoms with Crippen LogP contribution in [0.4, 0.5) is 5.82 Å². The third-order valence-electron chi connectivity index (χ3n) is 5.24. The molecular formula is C18H20N6OS. The van der Waals surface area contributed by atoms with Crippen LogP contribution >= 0.6 is 11.3 Å². The van der Waals surface area contributed by atoms with E-state index in [1.54, 1.807) is 17.7 Å². The smallest absolute Gasteiger partial charge is 0.274 e. The van der Waals surface area contributed by atoms with Gasteiger partial charge in [-0.05, 0) is 36.8 Å². The van der Waals surface area contributed by atoms with Crippen molar-refractivity contribution in [1.29, 1.82) is 0 Å². The monoisotopic (exact) mass is 368 g/mol. The maximum Gasteiger partial charge on any atom is 0.274 e. The van der Waals surface area contributed by atoms with Gasteiger partial charge in [0.05, 0.1) is 24.2 Å². The van der Waals surface area contributed by atoms with Crippen LogP contribution in [0, 0.1) is 6.92 Å². The molecule has 1 saturated heterocycles. The Morgan fingerprint density at radius 1 is 1.15 bits per heavy atom. The van der Waals surface area contributed by atoms with E-state index in [1.807, 2.05) is 15.6 Å². The molecule has 0 atom stereocenters. The van der Waals surface area contributed by atoms with E-state index in [1.165, 1.54) is 5.56 Å². The second kappa shape index (κ2) is 6.05. The summed E-state index contributed by atoms with van der Waals surface area (Å²) in [6.07, 6.45) is 3.83. The minimum Gasteiger partial charge on any atom is -0.348 e. The highest BCUT2D eigenvalue weighted by atomic mass is 32.1. The number of hydrogen-bond donors (Lipinski definition) is 0. The van der Waals surface area contributed by atoms with Crippen molar-refractivity contribution in [3.8, 4) is 0 Å². The maximum atomic E-state index is 12.6. The number of fused-ring (bicyclic) bond motifs is 2. The molecule has 0 aliphatic carbocycles. The molecule has 5 heterocycles. The largest absolute Gasteiger partial charge is 0.348 e. The molecule has 5 rings (SSSR count). The molecule has 0 N–H and O–H groups in total. The third kappa shape index (κ3) is 2.47. The third-order valence-corrected chi connectivity index (χ3v) is 6.25. The molecule has 3 aromatic rings. The highest BCUT2D eigenvalue weighted by Crippen LogP contribution is 2.32. The maximum absolute atomic E-state index is 12.6. The summed E-state index contributed by atoms with van der Waals surface area (Å²) >= 11 is 1.65. The Bertz CT molecular complexity index is 987. The zero-order valence-corrected chi connectivity index (χ0v) is 15.5. The molecule has 0 bridgehead atoms. The molecule has 1 fully saturated rings. The predicted molar refractivity (Wildman–Crippen MR) is 101 cm³/mol. The Labute approximate surface area is 155 Å². The lowest BCUT2D eigenvalue weighted by molar-refractivity contribution is 0.0786. The first-order valence-electron chi connectivity index (χ1n) is 9.00. The Morgan fingerprint density at radius 2 is 2.00 bits per heavy atom. The number of aromatic nitrogens is 4. The Morgan fingerprint density at radius 3 is 2.85 bits per heavy atom. The van der Waals surface area contributed by atoms with Crippen molar-refractivity contribution in [3.63, 3.8) is 0 Å². The topological polar surface area (TPSA) is 67.2 Å². The van der Waals surface area contributed by atoms with Gasteiger partial charge in [0.2, 0.25) is 0 Å². The number of carbonyl (C=O) groups excluding carboxylic acids is 1. The Balaban J connectivity index is 1.45. The average molecular weight is 368 g/mol. The predicted octanol–water partition coefficient (Wildman–Crippen LogP) is 2.45. The van der Waals surface area contributed by atoms with Crippen molar-refractivity contribution >= 4 is 33.3 Å². The van der Waals surface area contributed by atoms with Crippen molar-refractivity contribution in [2.75, 3.05) is 24.5 Å². The molecule has 3 aromatic heterocycles. The van der Waals surface area contributed by atoms with Crippen molar-refractivity contribution in [3.05, 3.63) is 34.7 Å². The lowest BCUT2D eigenvalue weighted by atomic mass is 10.2. The van der Waals surface area contributed by atoms with E-state index in [9.17, 15) is 4.79 Å². The Hall–Kier alpha value is -2.48. The van der Waals surface area contributed by atoms with Crippen LogP contribution in [0.15, 0.2) is 17.8 Å². The number of rotatable bonds is 2. The minimum atomic E-state index is 0.0639. The summed E-state index contributed by atoms with van der Waals surface area (Å²) in [5.41, 5.74) is 2.85. The molecule has 2 aliphatic rings. The van der Waals surface area contributed by atoms with Crippen LogP contribution in [0.1, 0.15) is 34.6 Å². The summed E-state index contributed by atoms with van der Waals surface area (Å²) in [6, 6.07) is 1.95. The highest BCUT2D eigenvalue weighted by Gasteiger charge is 2.26. The average Bonchev–Trinajstić information content (AvgIpc) is 3.40. The molecule has 134 valence electrons. The number of amides is 1. The van der Waals surface area contributed by atoms with Gasteiger partial charge in [0.25, 0.3) is 5.91 Å². The molecule has 7 nitrogen and oxygen atoms in total. The van der Waals surface area contributed by atoms with Gasteiger partial charge in [-0.2, -0.15) is 5.10 Å². The molecule has 8 heteroatoms. The van der Waals surface area contributed by atoms with Crippen LogP contribution in [0.3, 0.4) is 0 Å². The van der Waals surface area contributed by atoms with E-state index in [2.05, 4.69) is 32.3 Å². The first-order valence-corrected chi connectivity index (χ1v) is 9.88. The van der Waals surface area contributed by atoms with Crippen LogP contribution in [0.2, 0.25) is 0 Å². The minimum absolute atomic E-state index is 0.0639. The molecule has 0 spiro atoms. The molecule has 0 unspecified atom stereocenters. The standard InChI is InChI=1S/C18H20N6OS/c1-12-10-26-17-15(12)16(19-11-20-17)23-6-7-24-13(9-23)8-14(21-24)18(25)22-4-2-3-5-22/h8,10-11H,2-7,9H2,1H3. The van der Waals surface area contributed by atoms with E-state index in [4.69, 9.17) is 0 Å². The molecule has 2 aliphatic heterocycles. The fourth-order valence-corrected chi connectivity index (χ4v) is 4.76. The van der Waals surface area contributed by atoms with Gasteiger partial charge in [0.1, 0.15) is 17.0 Å². The molecule has 0 radical (unpaired) electrons. The first kappa shape index (κ1) is 15.7. The number of thiophene rings is 1. The van der Waals surface area contributed by atoms with Crippen LogP contribution in [0.25, 0.3) is 10.2 Å². The van der Waals surface area contributed by atoms with E-state index in [0.29, 0.717) is 12.2 Å². The molecule has 0 aromatic carbocycles. The summed E-state index contributed by atoms with van der Waals surface area (Å²) in [4.78, 5) is 26.8. The fraction of sp³-hybridized carbons (Fsp3) is 0.444. The second-order valence-corrected chi connectivity index (χ2v) is 7.82. The van der Waals surface area contributed by atoms with Crippen molar-refractivity contribution in [2.45, 2.75) is 32.9 Å². The van der Waals surface area contributed by atoms with Gasteiger partial charge in [-0.1, -0.05) is 0 Å². The van der Waals surface area contributed by atoms with Crippen molar-refractivity contribution in [2.24, 2.45) is 0 Å². The van der Waals surface area contributed by atoms with Gasteiger partial charge in [-0.25, -0.2) is 9.97 Å². The van der Waals surface area contributed by atoms with Crippen LogP contribution in [-0.4, -0.2) is 50.2 Å². The van der Waals surface area contributed by atoms with Crippen molar-refractivity contribution < 1.29 is 4.79 Å². The quantitative estimate of drug-likeness (QED) is 0.695. The first-order chi connectivity index (χ1) is 12.7. The molecule has 26 heavy (non-hydrogen) atoms. The van der Waals surface area contributed by atoms with Gasteiger partial charge in [-0.3, -0.25) is 9.48 Å². The highest BCUT2D eigenvalue weighted by molar-refractivity contribution is 7.17. The summed E-state index contributed by atoms with van der Waals surface area (Å²) in [6.45, 7) is 6.10. The molecule has 1 amide bonds. The van der Waals surface area contributed by atoms with Crippen LogP contribution in [0.5, 0.6) is 0 Å². The number of likely N-dealkylation sites (tertiary alicyclic amines) is 1. The van der Waals surface area contributed by atoms with E-state index >= 15 is 0 Å². The summed E-state index contributed by atoms with van der Waals surface area (Å²) in [5.74, 6) is 1.04. The Kier molecular flexibility index (Phi) is 3.66. The van der Waals surface area contributed by atoms with Gasteiger partial charge < -0.3 is 9.80 Å².